The zero-order valence-electron chi connectivity index (χ0n) is 7.58. The van der Waals surface area contributed by atoms with Crippen molar-refractivity contribution < 1.29 is 4.52 Å². The summed E-state index contributed by atoms with van der Waals surface area (Å²) in [6.45, 7) is 0. The predicted molar refractivity (Wildman–Crippen MR) is 58.0 cm³/mol. The number of nitrogens with zero attached hydrogens (tertiary/aromatic N) is 2. The number of aromatic nitrogens is 2. The van der Waals surface area contributed by atoms with Crippen LogP contribution in [0.5, 0.6) is 0 Å². The highest BCUT2D eigenvalue weighted by Gasteiger charge is 2.06. The number of benzene rings is 1. The molecule has 1 aromatic carbocycles. The van der Waals surface area contributed by atoms with E-state index in [4.69, 9.17) is 33.5 Å². The number of hydrogen-bond donors (Lipinski definition) is 1. The van der Waals surface area contributed by atoms with Crippen LogP contribution in [0.3, 0.4) is 0 Å². The number of rotatable bonds is 2. The molecule has 0 aliphatic rings. The van der Waals surface area contributed by atoms with E-state index >= 15 is 0 Å². The van der Waals surface area contributed by atoms with Gasteiger partial charge in [0, 0.05) is 0 Å². The zero-order valence-corrected chi connectivity index (χ0v) is 9.09. The lowest BCUT2D eigenvalue weighted by Gasteiger charge is -1.99. The molecule has 0 unspecified atom stereocenters. The molecule has 6 heteroatoms. The van der Waals surface area contributed by atoms with Crippen LogP contribution in [-0.2, 0) is 6.42 Å². The van der Waals surface area contributed by atoms with E-state index in [9.17, 15) is 0 Å². The molecule has 0 aliphatic heterocycles. The van der Waals surface area contributed by atoms with Gasteiger partial charge in [0.25, 0.3) is 5.95 Å². The lowest BCUT2D eigenvalue weighted by Crippen LogP contribution is -1.90. The van der Waals surface area contributed by atoms with Crippen LogP contribution >= 0.6 is 23.2 Å². The maximum atomic E-state index is 5.86. The first kappa shape index (κ1) is 10.3. The molecule has 2 rings (SSSR count). The first-order valence-corrected chi connectivity index (χ1v) is 4.93. The fraction of sp³-hybridized carbons (Fsp3) is 0.111. The van der Waals surface area contributed by atoms with Crippen LogP contribution in [0.1, 0.15) is 11.5 Å². The van der Waals surface area contributed by atoms with Crippen molar-refractivity contribution in [2.75, 3.05) is 5.73 Å². The van der Waals surface area contributed by atoms with Crippen LogP contribution in [0.4, 0.5) is 5.95 Å². The maximum absolute atomic E-state index is 5.86. The molecule has 0 saturated heterocycles. The third-order valence-corrected chi connectivity index (χ3v) is 2.56. The van der Waals surface area contributed by atoms with Gasteiger partial charge in [-0.2, -0.15) is 4.98 Å². The second kappa shape index (κ2) is 4.08. The van der Waals surface area contributed by atoms with E-state index in [0.29, 0.717) is 22.4 Å². The number of anilines is 1. The van der Waals surface area contributed by atoms with E-state index in [-0.39, 0.29) is 5.95 Å². The summed E-state index contributed by atoms with van der Waals surface area (Å²) >= 11 is 11.6. The van der Waals surface area contributed by atoms with Crippen LogP contribution in [0.25, 0.3) is 0 Å². The van der Waals surface area contributed by atoms with E-state index in [0.717, 1.165) is 5.56 Å². The quantitative estimate of drug-likeness (QED) is 0.881. The summed E-state index contributed by atoms with van der Waals surface area (Å²) in [5.74, 6) is 0.580. The normalized spacial score (nSPS) is 10.5. The zero-order chi connectivity index (χ0) is 10.8. The molecule has 0 saturated carbocycles. The Morgan fingerprint density at radius 3 is 2.67 bits per heavy atom. The molecule has 2 aromatic rings. The van der Waals surface area contributed by atoms with Gasteiger partial charge in [0.15, 0.2) is 0 Å². The Morgan fingerprint density at radius 2 is 2.07 bits per heavy atom. The summed E-state index contributed by atoms with van der Waals surface area (Å²) in [4.78, 5) is 3.88. The average molecular weight is 244 g/mol. The Kier molecular flexibility index (Phi) is 2.79. The van der Waals surface area contributed by atoms with Gasteiger partial charge < -0.3 is 10.3 Å². The first-order chi connectivity index (χ1) is 7.15. The van der Waals surface area contributed by atoms with Crippen LogP contribution in [-0.4, -0.2) is 10.1 Å². The molecule has 0 amide bonds. The maximum Gasteiger partial charge on any atom is 0.260 e. The second-order valence-electron chi connectivity index (χ2n) is 2.97. The minimum atomic E-state index is 0.130. The number of hydrogen-bond acceptors (Lipinski definition) is 4. The van der Waals surface area contributed by atoms with Gasteiger partial charge in [-0.1, -0.05) is 29.3 Å². The molecule has 15 heavy (non-hydrogen) atoms. The second-order valence-corrected chi connectivity index (χ2v) is 3.79. The minimum Gasteiger partial charge on any atom is -0.365 e. The van der Waals surface area contributed by atoms with Crippen LogP contribution < -0.4 is 5.73 Å². The van der Waals surface area contributed by atoms with Crippen molar-refractivity contribution in [3.63, 3.8) is 0 Å². The Morgan fingerprint density at radius 1 is 1.27 bits per heavy atom. The summed E-state index contributed by atoms with van der Waals surface area (Å²) in [5, 5.41) is 4.51. The van der Waals surface area contributed by atoms with Gasteiger partial charge in [0.05, 0.1) is 16.5 Å². The highest BCUT2D eigenvalue weighted by atomic mass is 35.5. The van der Waals surface area contributed by atoms with Gasteiger partial charge in [0.1, 0.15) is 0 Å². The minimum absolute atomic E-state index is 0.130. The number of nitrogens with two attached hydrogens (primary N) is 1. The van der Waals surface area contributed by atoms with Gasteiger partial charge >= 0.3 is 0 Å². The predicted octanol–water partition coefficient (Wildman–Crippen LogP) is 2.55. The Balaban J connectivity index is 2.21. The molecule has 4 nitrogen and oxygen atoms in total. The Hall–Kier alpha value is -1.26. The molecular weight excluding hydrogens is 237 g/mol. The smallest absolute Gasteiger partial charge is 0.260 e. The van der Waals surface area contributed by atoms with Crippen molar-refractivity contribution in [2.45, 2.75) is 6.42 Å². The fourth-order valence-corrected chi connectivity index (χ4v) is 1.48. The van der Waals surface area contributed by atoms with Gasteiger partial charge in [-0.05, 0) is 22.9 Å². The van der Waals surface area contributed by atoms with E-state index in [1.54, 1.807) is 12.1 Å². The van der Waals surface area contributed by atoms with Crippen molar-refractivity contribution in [2.24, 2.45) is 0 Å². The molecular formula is C9H7Cl2N3O. The number of nitrogen functional groups attached to an aromatic ring is 1. The van der Waals surface area contributed by atoms with Gasteiger partial charge in [0.2, 0.25) is 5.89 Å². The van der Waals surface area contributed by atoms with Crippen molar-refractivity contribution >= 4 is 29.2 Å². The van der Waals surface area contributed by atoms with E-state index in [1.165, 1.54) is 0 Å². The topological polar surface area (TPSA) is 64.9 Å². The largest absolute Gasteiger partial charge is 0.365 e. The third-order valence-electron chi connectivity index (χ3n) is 1.82. The molecule has 0 aliphatic carbocycles. The van der Waals surface area contributed by atoms with Crippen LogP contribution in [0, 0.1) is 0 Å². The third kappa shape index (κ3) is 2.40. The van der Waals surface area contributed by atoms with Crippen molar-refractivity contribution in [1.82, 2.24) is 10.1 Å². The summed E-state index contributed by atoms with van der Waals surface area (Å²) < 4.78 is 4.88. The summed E-state index contributed by atoms with van der Waals surface area (Å²) in [6.07, 6.45) is 0.487. The van der Waals surface area contributed by atoms with Gasteiger partial charge in [-0.3, -0.25) is 0 Å². The Bertz CT molecular complexity index is 484. The van der Waals surface area contributed by atoms with Gasteiger partial charge in [-0.15, -0.1) is 0 Å². The molecule has 1 aromatic heterocycles. The SMILES string of the molecule is Nc1noc(Cc2ccc(Cl)c(Cl)c2)n1. The lowest BCUT2D eigenvalue weighted by atomic mass is 10.1. The van der Waals surface area contributed by atoms with E-state index in [2.05, 4.69) is 10.1 Å². The first-order valence-electron chi connectivity index (χ1n) is 4.17. The molecule has 0 radical (unpaired) electrons. The number of halogens is 2. The van der Waals surface area contributed by atoms with E-state index in [1.807, 2.05) is 6.07 Å². The highest BCUT2D eigenvalue weighted by molar-refractivity contribution is 6.42. The molecule has 0 atom stereocenters. The summed E-state index contributed by atoms with van der Waals surface area (Å²) in [7, 11) is 0. The Labute approximate surface area is 96.0 Å². The summed E-state index contributed by atoms with van der Waals surface area (Å²) in [5.41, 5.74) is 6.26. The standard InChI is InChI=1S/C9H7Cl2N3O/c10-6-2-1-5(3-7(6)11)4-8-13-9(12)14-15-8/h1-3H,4H2,(H2,12,14). The van der Waals surface area contributed by atoms with Crippen molar-refractivity contribution in [1.29, 1.82) is 0 Å². The fourth-order valence-electron chi connectivity index (χ4n) is 1.16. The molecule has 78 valence electrons. The molecule has 0 spiro atoms. The summed E-state index contributed by atoms with van der Waals surface area (Å²) in [6, 6.07) is 5.32. The van der Waals surface area contributed by atoms with Gasteiger partial charge in [-0.25, -0.2) is 0 Å². The van der Waals surface area contributed by atoms with Crippen LogP contribution in [0.15, 0.2) is 22.7 Å². The molecule has 2 N–H and O–H groups in total. The van der Waals surface area contributed by atoms with Crippen molar-refractivity contribution in [3.8, 4) is 0 Å². The molecule has 0 bridgehead atoms. The lowest BCUT2D eigenvalue weighted by molar-refractivity contribution is 0.386. The monoisotopic (exact) mass is 243 g/mol. The van der Waals surface area contributed by atoms with E-state index < -0.39 is 0 Å². The molecule has 0 fully saturated rings. The molecule has 1 heterocycles. The van der Waals surface area contributed by atoms with Crippen LogP contribution in [0.2, 0.25) is 10.0 Å². The average Bonchev–Trinajstić information content (AvgIpc) is 2.58. The highest BCUT2D eigenvalue weighted by Crippen LogP contribution is 2.23. The van der Waals surface area contributed by atoms with Crippen molar-refractivity contribution in [3.05, 3.63) is 39.7 Å².